The number of thioether (sulfide) groups is 1. The number of Topliss-reactive ketones (excluding diaryl/α,β-unsaturated/α-hetero) is 1. The van der Waals surface area contributed by atoms with Crippen LogP contribution in [0, 0.1) is 5.92 Å². The van der Waals surface area contributed by atoms with Crippen LogP contribution in [0.15, 0.2) is 58.7 Å². The van der Waals surface area contributed by atoms with Crippen molar-refractivity contribution < 1.29 is 23.8 Å². The molecule has 196 valence electrons. The van der Waals surface area contributed by atoms with Gasteiger partial charge in [-0.3, -0.25) is 14.6 Å². The molecule has 0 saturated heterocycles. The van der Waals surface area contributed by atoms with E-state index in [1.165, 1.54) is 0 Å². The third kappa shape index (κ3) is 5.73. The number of hydrogen-bond acceptors (Lipinski definition) is 7. The molecule has 0 bridgehead atoms. The highest BCUT2D eigenvalue weighted by atomic mass is 35.5. The molecule has 0 N–H and O–H groups in total. The SMILES string of the molecule is CCSCCOC(=O)C1C(C)=NC2=C(C(=O)C[C@@H](c3ccc(OC)c(OC)c3)C2)[C@@H]1c1ccccc1Cl. The molecule has 6 nitrogen and oxygen atoms in total. The molecule has 2 aromatic carbocycles. The van der Waals surface area contributed by atoms with Gasteiger partial charge in [-0.1, -0.05) is 42.8 Å². The second-order valence-electron chi connectivity index (χ2n) is 9.10. The van der Waals surface area contributed by atoms with E-state index in [1.54, 1.807) is 32.0 Å². The number of benzene rings is 2. The van der Waals surface area contributed by atoms with Crippen molar-refractivity contribution in [1.29, 1.82) is 0 Å². The van der Waals surface area contributed by atoms with E-state index in [9.17, 15) is 9.59 Å². The lowest BCUT2D eigenvalue weighted by molar-refractivity contribution is -0.145. The molecule has 0 aromatic heterocycles. The summed E-state index contributed by atoms with van der Waals surface area (Å²) < 4.78 is 16.5. The van der Waals surface area contributed by atoms with E-state index in [2.05, 4.69) is 6.92 Å². The lowest BCUT2D eigenvalue weighted by atomic mass is 9.69. The van der Waals surface area contributed by atoms with Gasteiger partial charge in [-0.2, -0.15) is 11.8 Å². The van der Waals surface area contributed by atoms with Crippen LogP contribution >= 0.6 is 23.4 Å². The van der Waals surface area contributed by atoms with E-state index in [1.807, 2.05) is 43.3 Å². The van der Waals surface area contributed by atoms with E-state index in [0.717, 1.165) is 22.6 Å². The minimum absolute atomic E-state index is 0.0263. The van der Waals surface area contributed by atoms with Gasteiger partial charge < -0.3 is 14.2 Å². The molecule has 0 saturated carbocycles. The average molecular weight is 542 g/mol. The Bertz CT molecular complexity index is 1240. The minimum atomic E-state index is -0.702. The zero-order chi connectivity index (χ0) is 26.5. The number of rotatable bonds is 9. The van der Waals surface area contributed by atoms with E-state index in [0.29, 0.717) is 53.0 Å². The molecule has 1 aliphatic carbocycles. The Hall–Kier alpha value is -2.77. The van der Waals surface area contributed by atoms with Gasteiger partial charge in [0.25, 0.3) is 0 Å². The third-order valence-corrected chi connectivity index (χ3v) is 8.15. The molecule has 1 unspecified atom stereocenters. The zero-order valence-corrected chi connectivity index (χ0v) is 23.2. The van der Waals surface area contributed by atoms with Gasteiger partial charge in [-0.15, -0.1) is 0 Å². The summed E-state index contributed by atoms with van der Waals surface area (Å²) in [6, 6.07) is 13.1. The Kier molecular flexibility index (Phi) is 8.98. The fourth-order valence-electron chi connectivity index (χ4n) is 5.21. The monoisotopic (exact) mass is 541 g/mol. The van der Waals surface area contributed by atoms with E-state index < -0.39 is 11.8 Å². The molecule has 0 spiro atoms. The number of esters is 1. The summed E-state index contributed by atoms with van der Waals surface area (Å²) in [6.45, 7) is 4.22. The first-order valence-corrected chi connectivity index (χ1v) is 13.9. The van der Waals surface area contributed by atoms with Crippen LogP contribution in [0.3, 0.4) is 0 Å². The van der Waals surface area contributed by atoms with Crippen LogP contribution in [0.1, 0.15) is 49.7 Å². The van der Waals surface area contributed by atoms with Crippen LogP contribution in [0.25, 0.3) is 0 Å². The Morgan fingerprint density at radius 2 is 1.86 bits per heavy atom. The number of carbonyl (C=O) groups is 2. The second kappa shape index (κ2) is 12.2. The largest absolute Gasteiger partial charge is 0.493 e. The molecule has 1 aliphatic heterocycles. The average Bonchev–Trinajstić information content (AvgIpc) is 2.90. The number of halogens is 1. The molecule has 3 atom stereocenters. The van der Waals surface area contributed by atoms with Gasteiger partial charge in [0, 0.05) is 40.1 Å². The minimum Gasteiger partial charge on any atom is -0.493 e. The number of ketones is 1. The van der Waals surface area contributed by atoms with E-state index in [-0.39, 0.29) is 17.7 Å². The number of ether oxygens (including phenoxy) is 3. The van der Waals surface area contributed by atoms with Crippen molar-refractivity contribution in [1.82, 2.24) is 0 Å². The van der Waals surface area contributed by atoms with E-state index >= 15 is 0 Å². The lowest BCUT2D eigenvalue weighted by Crippen LogP contribution is -2.38. The number of allylic oxidation sites excluding steroid dienone is 2. The predicted octanol–water partition coefficient (Wildman–Crippen LogP) is 6.23. The Morgan fingerprint density at radius 1 is 1.11 bits per heavy atom. The fourth-order valence-corrected chi connectivity index (χ4v) is 5.95. The molecule has 8 heteroatoms. The van der Waals surface area contributed by atoms with Crippen LogP contribution in [-0.4, -0.2) is 49.8 Å². The maximum absolute atomic E-state index is 13.8. The normalized spacial score (nSPS) is 21.3. The molecule has 4 rings (SSSR count). The van der Waals surface area contributed by atoms with Gasteiger partial charge in [0.2, 0.25) is 0 Å². The quantitative estimate of drug-likeness (QED) is 0.277. The van der Waals surface area contributed by atoms with Crippen molar-refractivity contribution in [2.24, 2.45) is 10.9 Å². The highest BCUT2D eigenvalue weighted by Gasteiger charge is 2.45. The van der Waals surface area contributed by atoms with Crippen molar-refractivity contribution >= 4 is 40.8 Å². The van der Waals surface area contributed by atoms with Crippen molar-refractivity contribution in [2.45, 2.75) is 38.5 Å². The van der Waals surface area contributed by atoms with Crippen LogP contribution in [0.4, 0.5) is 0 Å². The standard InChI is InChI=1S/C29H32ClNO5S/c1-5-37-13-12-36-29(33)26-17(2)31-22-14-19(18-10-11-24(34-3)25(16-18)35-4)15-23(32)28(22)27(26)20-8-6-7-9-21(20)30/h6-11,16,19,26-27H,5,12-15H2,1-4H3/t19-,26?,27+/m0/s1. The number of nitrogens with zero attached hydrogens (tertiary/aromatic N) is 1. The van der Waals surface area contributed by atoms with Gasteiger partial charge >= 0.3 is 5.97 Å². The molecule has 2 aliphatic rings. The summed E-state index contributed by atoms with van der Waals surface area (Å²) in [4.78, 5) is 32.0. The van der Waals surface area contributed by atoms with Gasteiger partial charge in [0.1, 0.15) is 12.5 Å². The first-order valence-electron chi connectivity index (χ1n) is 12.4. The van der Waals surface area contributed by atoms with Gasteiger partial charge in [-0.05, 0) is 54.3 Å². The molecule has 0 radical (unpaired) electrons. The third-order valence-electron chi connectivity index (χ3n) is 6.94. The molecule has 1 heterocycles. The Morgan fingerprint density at radius 3 is 2.57 bits per heavy atom. The zero-order valence-electron chi connectivity index (χ0n) is 21.6. The Labute approximate surface area is 227 Å². The number of aliphatic imine (C=N–C) groups is 1. The maximum atomic E-state index is 13.8. The molecular formula is C29H32ClNO5S. The van der Waals surface area contributed by atoms with Crippen LogP contribution < -0.4 is 9.47 Å². The molecule has 0 fully saturated rings. The van der Waals surface area contributed by atoms with Crippen LogP contribution in [0.2, 0.25) is 5.02 Å². The van der Waals surface area contributed by atoms with Crippen molar-refractivity contribution in [3.8, 4) is 11.5 Å². The number of hydrogen-bond donors (Lipinski definition) is 0. The first-order chi connectivity index (χ1) is 17.9. The lowest BCUT2D eigenvalue weighted by Gasteiger charge is -2.37. The van der Waals surface area contributed by atoms with Crippen molar-refractivity contribution in [2.75, 3.05) is 32.3 Å². The van der Waals surface area contributed by atoms with Crippen LogP contribution in [0.5, 0.6) is 11.5 Å². The fraction of sp³-hybridized carbons (Fsp3) is 0.414. The van der Waals surface area contributed by atoms with Gasteiger partial charge in [0.15, 0.2) is 17.3 Å². The maximum Gasteiger partial charge on any atom is 0.315 e. The molecule has 0 amide bonds. The topological polar surface area (TPSA) is 74.2 Å². The summed E-state index contributed by atoms with van der Waals surface area (Å²) in [7, 11) is 3.19. The summed E-state index contributed by atoms with van der Waals surface area (Å²) in [6.07, 6.45) is 0.877. The number of carbonyl (C=O) groups excluding carboxylic acids is 2. The highest BCUT2D eigenvalue weighted by molar-refractivity contribution is 7.99. The van der Waals surface area contributed by atoms with Gasteiger partial charge in [0.05, 0.1) is 14.2 Å². The predicted molar refractivity (Wildman–Crippen MR) is 148 cm³/mol. The van der Waals surface area contributed by atoms with Crippen LogP contribution in [-0.2, 0) is 14.3 Å². The highest BCUT2D eigenvalue weighted by Crippen LogP contribution is 2.48. The summed E-state index contributed by atoms with van der Waals surface area (Å²) in [5.74, 6) is 1.23. The second-order valence-corrected chi connectivity index (χ2v) is 10.9. The molecule has 2 aromatic rings. The summed E-state index contributed by atoms with van der Waals surface area (Å²) in [5, 5.41) is 0.517. The smallest absolute Gasteiger partial charge is 0.315 e. The van der Waals surface area contributed by atoms with Crippen molar-refractivity contribution in [3.05, 3.63) is 69.9 Å². The molecular weight excluding hydrogens is 510 g/mol. The van der Waals surface area contributed by atoms with E-state index in [4.69, 9.17) is 30.8 Å². The summed E-state index contributed by atoms with van der Waals surface area (Å²) >= 11 is 8.34. The molecule has 37 heavy (non-hydrogen) atoms. The van der Waals surface area contributed by atoms with Gasteiger partial charge in [-0.25, -0.2) is 0 Å². The first kappa shape index (κ1) is 27.3. The number of methoxy groups -OCH3 is 2. The van der Waals surface area contributed by atoms with Crippen molar-refractivity contribution in [3.63, 3.8) is 0 Å². The summed E-state index contributed by atoms with van der Waals surface area (Å²) in [5.41, 5.74) is 3.64. The Balaban J connectivity index is 1.72.